The maximum atomic E-state index is 9.45. The first-order chi connectivity index (χ1) is 24.5. The summed E-state index contributed by atoms with van der Waals surface area (Å²) in [5, 5.41) is 9.45. The van der Waals surface area contributed by atoms with Crippen molar-refractivity contribution in [3.8, 4) is 62.5 Å². The summed E-state index contributed by atoms with van der Waals surface area (Å²) in [5.74, 6) is 4.34. The zero-order valence-corrected chi connectivity index (χ0v) is 27.6. The summed E-state index contributed by atoms with van der Waals surface area (Å²) in [5.41, 5.74) is 9.80. The SMILES string of the molecule is [C-]#[N+]c1ccc(-c2nc(-c3ccncc3)nc(-c3cc(-c4ccc(C#N)cc4)cc(-c4ccc(C56CC7CC(CC(C7)C5)C6)cc4)c3)n2)cc1. The van der Waals surface area contributed by atoms with Gasteiger partial charge in [-0.1, -0.05) is 60.7 Å². The summed E-state index contributed by atoms with van der Waals surface area (Å²) < 4.78 is 0. The van der Waals surface area contributed by atoms with Gasteiger partial charge in [-0.3, -0.25) is 4.98 Å². The Morgan fingerprint density at radius 1 is 0.560 bits per heavy atom. The van der Waals surface area contributed by atoms with Gasteiger partial charge in [-0.25, -0.2) is 19.8 Å². The summed E-state index contributed by atoms with van der Waals surface area (Å²) in [6.07, 6.45) is 11.8. The van der Waals surface area contributed by atoms with Gasteiger partial charge in [-0.2, -0.15) is 5.26 Å². The molecule has 2 aromatic heterocycles. The van der Waals surface area contributed by atoms with Crippen LogP contribution in [0.4, 0.5) is 5.69 Å². The molecule has 50 heavy (non-hydrogen) atoms. The Hall–Kier alpha value is -5.98. The van der Waals surface area contributed by atoms with Gasteiger partial charge in [-0.05, 0) is 132 Å². The smallest absolute Gasteiger partial charge is 0.187 e. The fourth-order valence-electron chi connectivity index (χ4n) is 9.26. The number of benzene rings is 4. The molecule has 0 aliphatic heterocycles. The van der Waals surface area contributed by atoms with Crippen LogP contribution in [0.3, 0.4) is 0 Å². The topological polar surface area (TPSA) is 79.7 Å². The van der Waals surface area contributed by atoms with E-state index in [4.69, 9.17) is 21.5 Å². The van der Waals surface area contributed by atoms with Crippen molar-refractivity contribution in [1.29, 1.82) is 5.26 Å². The van der Waals surface area contributed by atoms with Crippen LogP contribution in [0, 0.1) is 35.7 Å². The summed E-state index contributed by atoms with van der Waals surface area (Å²) in [6, 6.07) is 37.0. The maximum Gasteiger partial charge on any atom is 0.187 e. The minimum absolute atomic E-state index is 0.348. The van der Waals surface area contributed by atoms with E-state index in [1.54, 1.807) is 24.5 Å². The van der Waals surface area contributed by atoms with Crippen molar-refractivity contribution >= 4 is 5.69 Å². The number of hydrogen-bond acceptors (Lipinski definition) is 5. The second-order valence-corrected chi connectivity index (χ2v) is 14.5. The Morgan fingerprint density at radius 2 is 1.02 bits per heavy atom. The van der Waals surface area contributed by atoms with Crippen molar-refractivity contribution in [2.45, 2.75) is 43.9 Å². The molecule has 6 nitrogen and oxygen atoms in total. The highest BCUT2D eigenvalue weighted by Gasteiger charge is 2.51. The highest BCUT2D eigenvalue weighted by Crippen LogP contribution is 2.60. The van der Waals surface area contributed by atoms with Crippen molar-refractivity contribution in [3.63, 3.8) is 0 Å². The molecule has 240 valence electrons. The third-order valence-corrected chi connectivity index (χ3v) is 11.2. The van der Waals surface area contributed by atoms with Crippen LogP contribution in [-0.2, 0) is 5.41 Å². The standard InChI is InChI=1S/C44H34N6/c1-46-40-12-8-34(9-13-40)41-48-42(35-14-16-47-17-15-35)50-43(49-41)38-22-36(32-4-2-28(27-45)3-5-32)21-37(23-38)33-6-10-39(11-7-33)44-24-29-18-30(25-44)20-31(19-29)26-44/h2-17,21-23,29-31H,18-20,24-26H2. The quantitative estimate of drug-likeness (QED) is 0.168. The van der Waals surface area contributed by atoms with E-state index in [1.165, 1.54) is 44.1 Å². The fourth-order valence-corrected chi connectivity index (χ4v) is 9.26. The monoisotopic (exact) mass is 646 g/mol. The van der Waals surface area contributed by atoms with E-state index >= 15 is 0 Å². The maximum absolute atomic E-state index is 9.45. The van der Waals surface area contributed by atoms with E-state index in [0.29, 0.717) is 34.1 Å². The van der Waals surface area contributed by atoms with Crippen LogP contribution in [0.5, 0.6) is 0 Å². The molecule has 0 atom stereocenters. The van der Waals surface area contributed by atoms with Crippen LogP contribution >= 0.6 is 0 Å². The van der Waals surface area contributed by atoms with Gasteiger partial charge < -0.3 is 0 Å². The number of aromatic nitrogens is 4. The second-order valence-electron chi connectivity index (χ2n) is 14.5. The molecule has 4 saturated carbocycles. The molecule has 0 radical (unpaired) electrons. The third-order valence-electron chi connectivity index (χ3n) is 11.2. The molecular weight excluding hydrogens is 613 g/mol. The minimum atomic E-state index is 0.348. The van der Waals surface area contributed by atoms with E-state index < -0.39 is 0 Å². The number of nitriles is 1. The fraction of sp³-hybridized carbons (Fsp3) is 0.227. The van der Waals surface area contributed by atoms with Gasteiger partial charge in [0.2, 0.25) is 0 Å². The van der Waals surface area contributed by atoms with Crippen LogP contribution in [0.25, 0.3) is 61.3 Å². The Balaban J connectivity index is 1.17. The van der Waals surface area contributed by atoms with Gasteiger partial charge in [-0.15, -0.1) is 0 Å². The zero-order valence-electron chi connectivity index (χ0n) is 27.6. The molecule has 10 rings (SSSR count). The van der Waals surface area contributed by atoms with Crippen molar-refractivity contribution in [3.05, 3.63) is 138 Å². The number of rotatable bonds is 6. The highest BCUT2D eigenvalue weighted by atomic mass is 15.0. The van der Waals surface area contributed by atoms with Crippen molar-refractivity contribution in [1.82, 2.24) is 19.9 Å². The number of pyridine rings is 1. The molecule has 0 unspecified atom stereocenters. The lowest BCUT2D eigenvalue weighted by molar-refractivity contribution is -0.00518. The van der Waals surface area contributed by atoms with Gasteiger partial charge in [0.05, 0.1) is 18.2 Å². The summed E-state index contributed by atoms with van der Waals surface area (Å²) in [6.45, 7) is 7.38. The predicted octanol–water partition coefficient (Wildman–Crippen LogP) is 10.5. The molecule has 0 amide bonds. The first-order valence-electron chi connectivity index (χ1n) is 17.5. The van der Waals surface area contributed by atoms with E-state index in [9.17, 15) is 5.26 Å². The lowest BCUT2D eigenvalue weighted by Crippen LogP contribution is -2.48. The molecule has 4 aliphatic rings. The van der Waals surface area contributed by atoms with Crippen LogP contribution < -0.4 is 0 Å². The molecule has 0 N–H and O–H groups in total. The zero-order chi connectivity index (χ0) is 33.7. The third kappa shape index (κ3) is 5.54. The normalized spacial score (nSPS) is 21.8. The van der Waals surface area contributed by atoms with Crippen LogP contribution in [0.1, 0.15) is 49.7 Å². The van der Waals surface area contributed by atoms with Gasteiger partial charge in [0.15, 0.2) is 23.2 Å². The van der Waals surface area contributed by atoms with E-state index in [2.05, 4.69) is 58.4 Å². The van der Waals surface area contributed by atoms with Crippen molar-refractivity contribution in [2.24, 2.45) is 17.8 Å². The van der Waals surface area contributed by atoms with Crippen LogP contribution in [0.2, 0.25) is 0 Å². The predicted molar refractivity (Wildman–Crippen MR) is 196 cm³/mol. The first kappa shape index (κ1) is 30.1. The molecule has 0 saturated heterocycles. The Bertz CT molecular complexity index is 2260. The Morgan fingerprint density at radius 3 is 1.54 bits per heavy atom. The molecule has 6 heteroatoms. The van der Waals surface area contributed by atoms with Crippen molar-refractivity contribution < 1.29 is 0 Å². The van der Waals surface area contributed by atoms with E-state index in [1.807, 2.05) is 48.5 Å². The summed E-state index contributed by atoms with van der Waals surface area (Å²) >= 11 is 0. The van der Waals surface area contributed by atoms with E-state index in [0.717, 1.165) is 56.7 Å². The second kappa shape index (κ2) is 12.2. The van der Waals surface area contributed by atoms with Crippen LogP contribution in [0.15, 0.2) is 116 Å². The lowest BCUT2D eigenvalue weighted by Gasteiger charge is -2.57. The van der Waals surface area contributed by atoms with E-state index in [-0.39, 0.29) is 0 Å². The van der Waals surface area contributed by atoms with Gasteiger partial charge in [0, 0.05) is 29.1 Å². The van der Waals surface area contributed by atoms with Crippen molar-refractivity contribution in [2.75, 3.05) is 0 Å². The summed E-state index contributed by atoms with van der Waals surface area (Å²) in [7, 11) is 0. The molecule has 4 fully saturated rings. The average Bonchev–Trinajstić information content (AvgIpc) is 3.17. The molecule has 2 heterocycles. The first-order valence-corrected chi connectivity index (χ1v) is 17.5. The largest absolute Gasteiger partial charge is 0.265 e. The molecule has 6 aromatic rings. The molecular formula is C44H34N6. The molecule has 4 aromatic carbocycles. The number of nitrogens with zero attached hydrogens (tertiary/aromatic N) is 6. The van der Waals surface area contributed by atoms with Gasteiger partial charge in [0.25, 0.3) is 0 Å². The molecule has 0 spiro atoms. The molecule has 4 bridgehead atoms. The lowest BCUT2D eigenvalue weighted by atomic mass is 9.48. The highest BCUT2D eigenvalue weighted by molar-refractivity contribution is 5.80. The summed E-state index contributed by atoms with van der Waals surface area (Å²) in [4.78, 5) is 22.6. The average molecular weight is 647 g/mol. The number of hydrogen-bond donors (Lipinski definition) is 0. The van der Waals surface area contributed by atoms with Gasteiger partial charge >= 0.3 is 0 Å². The van der Waals surface area contributed by atoms with Crippen LogP contribution in [-0.4, -0.2) is 19.9 Å². The molecule has 4 aliphatic carbocycles. The Labute approximate surface area is 292 Å². The Kier molecular flexibility index (Phi) is 7.32. The van der Waals surface area contributed by atoms with Gasteiger partial charge in [0.1, 0.15) is 0 Å². The minimum Gasteiger partial charge on any atom is -0.265 e.